The summed E-state index contributed by atoms with van der Waals surface area (Å²) in [7, 11) is 0.380. The molecule has 2 aliphatic rings. The number of fused-ring (bicyclic) bond motifs is 1. The lowest BCUT2D eigenvalue weighted by atomic mass is 9.85. The van der Waals surface area contributed by atoms with Gasteiger partial charge in [-0.2, -0.15) is 0 Å². The van der Waals surface area contributed by atoms with Gasteiger partial charge < -0.3 is 26.2 Å². The van der Waals surface area contributed by atoms with E-state index in [0.717, 1.165) is 17.1 Å². The normalized spacial score (nSPS) is 21.9. The Balaban J connectivity index is 1.74. The second-order valence-electron chi connectivity index (χ2n) is 13.7. The van der Waals surface area contributed by atoms with Gasteiger partial charge in [0, 0.05) is 32.7 Å². The molecule has 1 aliphatic carbocycles. The number of carbonyl (C=O) groups is 5. The summed E-state index contributed by atoms with van der Waals surface area (Å²) in [5.41, 5.74) is -0.699. The number of carbonyl (C=O) groups excluding carboxylic acids is 5. The third kappa shape index (κ3) is 9.96. The first-order valence-corrected chi connectivity index (χ1v) is 18.4. The number of ketones is 1. The van der Waals surface area contributed by atoms with E-state index >= 15 is 0 Å². The van der Waals surface area contributed by atoms with Crippen LogP contribution >= 0.6 is 11.3 Å². The fourth-order valence-electron chi connectivity index (χ4n) is 5.92. The Morgan fingerprint density at radius 1 is 1.17 bits per heavy atom. The molecule has 0 bridgehead atoms. The number of nitrogens with one attached hydrogen (secondary N) is 4. The van der Waals surface area contributed by atoms with Gasteiger partial charge in [-0.05, 0) is 47.5 Å². The van der Waals surface area contributed by atoms with Crippen molar-refractivity contribution in [2.24, 2.45) is 23.2 Å². The van der Waals surface area contributed by atoms with E-state index in [4.69, 9.17) is 0 Å². The Kier molecular flexibility index (Phi) is 13.7. The first kappa shape index (κ1) is 38.3. The summed E-state index contributed by atoms with van der Waals surface area (Å²) in [6.07, 6.45) is 3.87. The summed E-state index contributed by atoms with van der Waals surface area (Å²) in [5.74, 6) is -2.21. The van der Waals surface area contributed by atoms with Crippen LogP contribution in [-0.2, 0) is 30.2 Å². The summed E-state index contributed by atoms with van der Waals surface area (Å²) in [5, 5.41) is 13.0. The van der Waals surface area contributed by atoms with E-state index in [-0.39, 0.29) is 42.7 Å². The lowest BCUT2D eigenvalue weighted by molar-refractivity contribution is -0.144. The van der Waals surface area contributed by atoms with Gasteiger partial charge in [0.25, 0.3) is 5.91 Å². The molecule has 1 aromatic heterocycles. The van der Waals surface area contributed by atoms with Crippen LogP contribution < -0.4 is 21.3 Å². The van der Waals surface area contributed by atoms with Crippen LogP contribution in [0, 0.1) is 23.2 Å². The molecule has 2 heterocycles. The van der Waals surface area contributed by atoms with E-state index in [0.29, 0.717) is 19.5 Å². The molecule has 1 saturated heterocycles. The number of likely N-dealkylation sites (tertiary alicyclic amines) is 1. The van der Waals surface area contributed by atoms with Crippen molar-refractivity contribution in [3.05, 3.63) is 30.2 Å². The topological polar surface area (TPSA) is 157 Å². The van der Waals surface area contributed by atoms with Crippen LogP contribution in [0.25, 0.3) is 0 Å². The highest BCUT2D eigenvalue weighted by molar-refractivity contribution is 7.85. The number of amides is 5. The lowest BCUT2D eigenvalue weighted by Crippen LogP contribution is -2.62. The van der Waals surface area contributed by atoms with Gasteiger partial charge in [-0.1, -0.05) is 66.5 Å². The first-order chi connectivity index (χ1) is 22.1. The zero-order valence-electron chi connectivity index (χ0n) is 28.7. The summed E-state index contributed by atoms with van der Waals surface area (Å²) in [6, 6.07) is 0.0108. The molecule has 0 spiro atoms. The molecule has 47 heavy (non-hydrogen) atoms. The summed E-state index contributed by atoms with van der Waals surface area (Å²) >= 11 is 1.41. The molecule has 5 amide bonds. The van der Waals surface area contributed by atoms with E-state index < -0.39 is 58.2 Å². The zero-order valence-corrected chi connectivity index (χ0v) is 30.3. The number of nitrogens with zero attached hydrogens (tertiary/aromatic N) is 2. The van der Waals surface area contributed by atoms with Crippen LogP contribution in [0.5, 0.6) is 0 Å². The number of piperidine rings is 1. The maximum Gasteiger partial charge on any atom is 0.315 e. The minimum absolute atomic E-state index is 0.0464. The number of Topliss-reactive ketones (excluding diaryl/α,β-unsaturated/α-hetero) is 1. The highest BCUT2D eigenvalue weighted by atomic mass is 32.2. The highest BCUT2D eigenvalue weighted by Gasteiger charge is 2.58. The third-order valence-corrected chi connectivity index (χ3v) is 11.6. The Labute approximate surface area is 285 Å². The van der Waals surface area contributed by atoms with Gasteiger partial charge in [0.1, 0.15) is 27.3 Å². The van der Waals surface area contributed by atoms with E-state index in [1.54, 1.807) is 11.4 Å². The van der Waals surface area contributed by atoms with E-state index in [9.17, 15) is 28.2 Å². The van der Waals surface area contributed by atoms with E-state index in [1.165, 1.54) is 22.3 Å². The zero-order chi connectivity index (χ0) is 35.1. The van der Waals surface area contributed by atoms with Gasteiger partial charge in [-0.15, -0.1) is 17.9 Å². The lowest BCUT2D eigenvalue weighted by Gasteiger charge is -2.37. The molecule has 12 nitrogen and oxygen atoms in total. The van der Waals surface area contributed by atoms with Gasteiger partial charge in [-0.25, -0.2) is 13.3 Å². The average Bonchev–Trinajstić information content (AvgIpc) is 3.39. The molecule has 262 valence electrons. The number of rotatable bonds is 17. The second-order valence-corrected chi connectivity index (χ2v) is 16.5. The maximum absolute atomic E-state index is 14.2. The van der Waals surface area contributed by atoms with Crippen molar-refractivity contribution in [1.29, 1.82) is 0 Å². The van der Waals surface area contributed by atoms with Crippen molar-refractivity contribution in [1.82, 2.24) is 30.5 Å². The second kappa shape index (κ2) is 16.8. The van der Waals surface area contributed by atoms with Crippen molar-refractivity contribution >= 4 is 51.9 Å². The molecule has 1 saturated carbocycles. The number of likely N-dealkylation sites (N-methyl/N-ethyl adjacent to an activating group) is 1. The van der Waals surface area contributed by atoms with Gasteiger partial charge in [0.15, 0.2) is 0 Å². The average molecular weight is 693 g/mol. The molecule has 1 aromatic rings. The Morgan fingerprint density at radius 3 is 2.45 bits per heavy atom. The fourth-order valence-corrected chi connectivity index (χ4v) is 8.05. The largest absolute Gasteiger partial charge is 0.346 e. The number of urea groups is 1. The third-order valence-electron chi connectivity index (χ3n) is 8.98. The minimum atomic E-state index is -1.37. The van der Waals surface area contributed by atoms with Crippen LogP contribution in [0.4, 0.5) is 4.79 Å². The predicted octanol–water partition coefficient (Wildman–Crippen LogP) is 2.83. The minimum Gasteiger partial charge on any atom is -0.346 e. The van der Waals surface area contributed by atoms with Crippen LogP contribution in [0.15, 0.2) is 34.4 Å². The highest BCUT2D eigenvalue weighted by Crippen LogP contribution is 2.50. The van der Waals surface area contributed by atoms with Crippen molar-refractivity contribution in [2.45, 2.75) is 95.6 Å². The van der Waals surface area contributed by atoms with E-state index in [2.05, 4.69) is 27.8 Å². The molecule has 0 radical (unpaired) electrons. The van der Waals surface area contributed by atoms with Crippen molar-refractivity contribution in [3.8, 4) is 0 Å². The first-order valence-electron chi connectivity index (χ1n) is 16.4. The Morgan fingerprint density at radius 2 is 1.87 bits per heavy atom. The van der Waals surface area contributed by atoms with Gasteiger partial charge in [-0.3, -0.25) is 19.2 Å². The molecule has 0 aromatic carbocycles. The Hall–Kier alpha value is -3.10. The van der Waals surface area contributed by atoms with Crippen LogP contribution in [0.2, 0.25) is 0 Å². The van der Waals surface area contributed by atoms with Crippen molar-refractivity contribution in [2.75, 3.05) is 26.7 Å². The number of thiophene rings is 1. The molecule has 1 aliphatic heterocycles. The van der Waals surface area contributed by atoms with Crippen LogP contribution in [0.1, 0.15) is 67.2 Å². The number of hydrogen-bond acceptors (Lipinski definition) is 7. The van der Waals surface area contributed by atoms with Crippen LogP contribution in [0.3, 0.4) is 0 Å². The molecular weight excluding hydrogens is 641 g/mol. The van der Waals surface area contributed by atoms with Gasteiger partial charge >= 0.3 is 6.03 Å². The summed E-state index contributed by atoms with van der Waals surface area (Å²) in [6.45, 7) is 15.8. The molecular formula is C33H52N6O6S2. The molecule has 2 fully saturated rings. The summed E-state index contributed by atoms with van der Waals surface area (Å²) < 4.78 is 15.4. The fraction of sp³-hybridized carbons (Fsp3) is 0.667. The molecule has 4 N–H and O–H groups in total. The Bertz CT molecular complexity index is 1310. The van der Waals surface area contributed by atoms with Crippen LogP contribution in [-0.4, -0.2) is 93.8 Å². The van der Waals surface area contributed by atoms with Crippen molar-refractivity contribution < 1.29 is 28.2 Å². The quantitative estimate of drug-likeness (QED) is 0.145. The van der Waals surface area contributed by atoms with E-state index in [1.807, 2.05) is 59.1 Å². The van der Waals surface area contributed by atoms with Gasteiger partial charge in [0.2, 0.25) is 17.6 Å². The standard InChI is InChI=1S/C33H52N6O6S2/c1-9-13-23(27(40)30(42)34-15-10-2)35-29(41)26-22-17-21(22)18-39(26)31(43)28(33(5,6)7)37-32(44)36-24(20(4)11-3)19-38(8)47(45)25-14-12-16-46-25/h10,12,14,16,20-24,26,28H,2,9,11,13,15,17-19H2,1,3-8H3,(H,34,42)(H,35,41)(H2,36,37,44)/t20-,21-,22-,23?,24+,26-,28+,47?/m0/s1. The monoisotopic (exact) mass is 692 g/mol. The summed E-state index contributed by atoms with van der Waals surface area (Å²) in [4.78, 5) is 68.1. The molecule has 2 unspecified atom stereocenters. The van der Waals surface area contributed by atoms with Gasteiger partial charge in [0.05, 0.1) is 6.04 Å². The van der Waals surface area contributed by atoms with Crippen molar-refractivity contribution in [3.63, 3.8) is 0 Å². The molecule has 14 heteroatoms. The smallest absolute Gasteiger partial charge is 0.315 e. The maximum atomic E-state index is 14.2. The number of hydrogen-bond donors (Lipinski definition) is 4. The molecule has 8 atom stereocenters. The SMILES string of the molecule is C=CCNC(=O)C(=O)C(CCC)NC(=O)[C@@H]1[C@H]2C[C@H]2CN1C(=O)[C@@H](NC(=O)N[C@H](CN(C)S(=O)c1cccs1)[C@@H](C)CC)C(C)(C)C. The molecule has 3 rings (SSSR count). The predicted molar refractivity (Wildman–Crippen MR) is 184 cm³/mol.